The lowest BCUT2D eigenvalue weighted by molar-refractivity contribution is 0.281. The van der Waals surface area contributed by atoms with Crippen LogP contribution in [0.2, 0.25) is 0 Å². The molecule has 2 aromatic rings. The van der Waals surface area contributed by atoms with Crippen LogP contribution in [0.5, 0.6) is 11.5 Å². The van der Waals surface area contributed by atoms with Gasteiger partial charge in [-0.15, -0.1) is 0 Å². The number of anilines is 1. The molecule has 0 aliphatic rings. The van der Waals surface area contributed by atoms with Gasteiger partial charge in [-0.05, 0) is 31.2 Å². The first-order valence-corrected chi connectivity index (χ1v) is 6.29. The molecule has 4 nitrogen and oxygen atoms in total. The van der Waals surface area contributed by atoms with Crippen LogP contribution in [0, 0.1) is 0 Å². The number of hydrogen-bond acceptors (Lipinski definition) is 4. The van der Waals surface area contributed by atoms with Gasteiger partial charge in [-0.1, -0.05) is 18.2 Å². The molecular weight excluding hydrogens is 240 g/mol. The Bertz CT molecular complexity index is 529. The van der Waals surface area contributed by atoms with Crippen molar-refractivity contribution in [1.82, 2.24) is 4.98 Å². The number of rotatable bonds is 6. The van der Waals surface area contributed by atoms with Crippen molar-refractivity contribution in [3.8, 4) is 11.5 Å². The fraction of sp³-hybridized carbons (Fsp3) is 0.267. The van der Waals surface area contributed by atoms with Gasteiger partial charge in [-0.3, -0.25) is 0 Å². The summed E-state index contributed by atoms with van der Waals surface area (Å²) in [5, 5.41) is 3.18. The number of pyridine rings is 1. The minimum absolute atomic E-state index is 0.416. The molecule has 1 aromatic carbocycles. The third-order valence-electron chi connectivity index (χ3n) is 2.61. The number of methoxy groups -OCH3 is 1. The number of para-hydroxylation sites is 2. The standard InChI is InChI=1S/C15H18N2O2/c1-3-16-15-10-6-7-12(17-15)11-19-14-9-5-4-8-13(14)18-2/h4-10H,3,11H2,1-2H3,(H,16,17). The van der Waals surface area contributed by atoms with Gasteiger partial charge in [-0.25, -0.2) is 4.98 Å². The summed E-state index contributed by atoms with van der Waals surface area (Å²) in [5.74, 6) is 2.31. The maximum atomic E-state index is 5.73. The Morgan fingerprint density at radius 2 is 1.84 bits per heavy atom. The van der Waals surface area contributed by atoms with Crippen LogP contribution in [-0.2, 0) is 6.61 Å². The maximum absolute atomic E-state index is 5.73. The molecule has 0 saturated heterocycles. The summed E-state index contributed by atoms with van der Waals surface area (Å²) in [6.45, 7) is 3.31. The summed E-state index contributed by atoms with van der Waals surface area (Å²) in [5.41, 5.74) is 0.879. The van der Waals surface area contributed by atoms with Crippen molar-refractivity contribution in [3.05, 3.63) is 48.2 Å². The van der Waals surface area contributed by atoms with Crippen LogP contribution in [0.1, 0.15) is 12.6 Å². The Morgan fingerprint density at radius 1 is 1.05 bits per heavy atom. The van der Waals surface area contributed by atoms with Crippen LogP contribution in [0.15, 0.2) is 42.5 Å². The zero-order valence-corrected chi connectivity index (χ0v) is 11.2. The van der Waals surface area contributed by atoms with Crippen LogP contribution < -0.4 is 14.8 Å². The van der Waals surface area contributed by atoms with Gasteiger partial charge in [0.2, 0.25) is 0 Å². The number of aromatic nitrogens is 1. The fourth-order valence-electron chi connectivity index (χ4n) is 1.73. The third-order valence-corrected chi connectivity index (χ3v) is 2.61. The lowest BCUT2D eigenvalue weighted by atomic mass is 10.3. The Morgan fingerprint density at radius 3 is 2.58 bits per heavy atom. The zero-order valence-electron chi connectivity index (χ0n) is 11.2. The summed E-state index contributed by atoms with van der Waals surface area (Å²) in [4.78, 5) is 4.46. The average Bonchev–Trinajstić information content (AvgIpc) is 2.46. The van der Waals surface area contributed by atoms with E-state index in [2.05, 4.69) is 10.3 Å². The zero-order chi connectivity index (χ0) is 13.5. The predicted octanol–water partition coefficient (Wildman–Crippen LogP) is 3.10. The molecule has 0 aliphatic heterocycles. The molecule has 1 heterocycles. The molecular formula is C15H18N2O2. The highest BCUT2D eigenvalue weighted by atomic mass is 16.5. The van der Waals surface area contributed by atoms with Gasteiger partial charge in [0.25, 0.3) is 0 Å². The Kier molecular flexibility index (Phi) is 4.61. The topological polar surface area (TPSA) is 43.4 Å². The largest absolute Gasteiger partial charge is 0.493 e. The van der Waals surface area contributed by atoms with E-state index in [4.69, 9.17) is 9.47 Å². The van der Waals surface area contributed by atoms with Crippen molar-refractivity contribution in [2.75, 3.05) is 19.0 Å². The third kappa shape index (κ3) is 3.61. The van der Waals surface area contributed by atoms with Crippen molar-refractivity contribution < 1.29 is 9.47 Å². The Labute approximate surface area is 113 Å². The molecule has 2 rings (SSSR count). The van der Waals surface area contributed by atoms with Crippen molar-refractivity contribution >= 4 is 5.82 Å². The normalized spacial score (nSPS) is 10.0. The molecule has 0 atom stereocenters. The van der Waals surface area contributed by atoms with Crippen LogP contribution >= 0.6 is 0 Å². The lowest BCUT2D eigenvalue weighted by Crippen LogP contribution is -2.03. The van der Waals surface area contributed by atoms with E-state index in [9.17, 15) is 0 Å². The fourth-order valence-corrected chi connectivity index (χ4v) is 1.73. The Hall–Kier alpha value is -2.23. The van der Waals surface area contributed by atoms with E-state index in [1.165, 1.54) is 0 Å². The van der Waals surface area contributed by atoms with E-state index < -0.39 is 0 Å². The van der Waals surface area contributed by atoms with Gasteiger partial charge >= 0.3 is 0 Å². The number of nitrogens with zero attached hydrogens (tertiary/aromatic N) is 1. The van der Waals surface area contributed by atoms with E-state index in [0.717, 1.165) is 29.6 Å². The van der Waals surface area contributed by atoms with Gasteiger partial charge in [0.15, 0.2) is 11.5 Å². The van der Waals surface area contributed by atoms with Gasteiger partial charge < -0.3 is 14.8 Å². The number of benzene rings is 1. The van der Waals surface area contributed by atoms with E-state index in [-0.39, 0.29) is 0 Å². The molecule has 100 valence electrons. The second-order valence-electron chi connectivity index (χ2n) is 3.98. The molecule has 1 aromatic heterocycles. The van der Waals surface area contributed by atoms with Gasteiger partial charge in [-0.2, -0.15) is 0 Å². The molecule has 0 aliphatic carbocycles. The van der Waals surface area contributed by atoms with Crippen LogP contribution in [0.3, 0.4) is 0 Å². The molecule has 1 N–H and O–H groups in total. The SMILES string of the molecule is CCNc1cccc(COc2ccccc2OC)n1. The summed E-state index contributed by atoms with van der Waals surface area (Å²) in [7, 11) is 1.63. The molecule has 0 amide bonds. The van der Waals surface area contributed by atoms with Gasteiger partial charge in [0.05, 0.1) is 12.8 Å². The molecule has 4 heteroatoms. The van der Waals surface area contributed by atoms with E-state index in [0.29, 0.717) is 6.61 Å². The summed E-state index contributed by atoms with van der Waals surface area (Å²) in [6, 6.07) is 13.4. The molecule has 0 saturated carbocycles. The van der Waals surface area contributed by atoms with E-state index in [1.54, 1.807) is 7.11 Å². The molecule has 0 unspecified atom stereocenters. The number of hydrogen-bond donors (Lipinski definition) is 1. The summed E-state index contributed by atoms with van der Waals surface area (Å²) >= 11 is 0. The van der Waals surface area contributed by atoms with Crippen LogP contribution in [0.4, 0.5) is 5.82 Å². The van der Waals surface area contributed by atoms with Crippen molar-refractivity contribution in [2.24, 2.45) is 0 Å². The quantitative estimate of drug-likeness (QED) is 0.864. The highest BCUT2D eigenvalue weighted by Crippen LogP contribution is 2.26. The first-order chi connectivity index (χ1) is 9.33. The summed E-state index contributed by atoms with van der Waals surface area (Å²) in [6.07, 6.45) is 0. The second-order valence-corrected chi connectivity index (χ2v) is 3.98. The van der Waals surface area contributed by atoms with E-state index in [1.807, 2.05) is 49.4 Å². The lowest BCUT2D eigenvalue weighted by Gasteiger charge is -2.10. The molecule has 19 heavy (non-hydrogen) atoms. The Balaban J connectivity index is 2.03. The number of ether oxygens (including phenoxy) is 2. The summed E-state index contributed by atoms with van der Waals surface area (Å²) < 4.78 is 11.0. The molecule has 0 fully saturated rings. The maximum Gasteiger partial charge on any atom is 0.161 e. The minimum Gasteiger partial charge on any atom is -0.493 e. The van der Waals surface area contributed by atoms with Crippen molar-refractivity contribution in [1.29, 1.82) is 0 Å². The molecule has 0 radical (unpaired) electrons. The highest BCUT2D eigenvalue weighted by molar-refractivity contribution is 5.39. The van der Waals surface area contributed by atoms with E-state index >= 15 is 0 Å². The van der Waals surface area contributed by atoms with Crippen LogP contribution in [-0.4, -0.2) is 18.6 Å². The second kappa shape index (κ2) is 6.64. The smallest absolute Gasteiger partial charge is 0.161 e. The average molecular weight is 258 g/mol. The minimum atomic E-state index is 0.416. The van der Waals surface area contributed by atoms with Crippen molar-refractivity contribution in [3.63, 3.8) is 0 Å². The van der Waals surface area contributed by atoms with Gasteiger partial charge in [0.1, 0.15) is 12.4 Å². The molecule has 0 spiro atoms. The number of nitrogens with one attached hydrogen (secondary N) is 1. The monoisotopic (exact) mass is 258 g/mol. The molecule has 0 bridgehead atoms. The van der Waals surface area contributed by atoms with Gasteiger partial charge in [0, 0.05) is 6.54 Å². The highest BCUT2D eigenvalue weighted by Gasteiger charge is 2.04. The predicted molar refractivity (Wildman–Crippen MR) is 75.7 cm³/mol. The first-order valence-electron chi connectivity index (χ1n) is 6.29. The van der Waals surface area contributed by atoms with Crippen molar-refractivity contribution in [2.45, 2.75) is 13.5 Å². The first kappa shape index (κ1) is 13.2. The van der Waals surface area contributed by atoms with Crippen LogP contribution in [0.25, 0.3) is 0 Å².